The van der Waals surface area contributed by atoms with Gasteiger partial charge in [0.1, 0.15) is 0 Å². The van der Waals surface area contributed by atoms with Crippen LogP contribution in [0, 0.1) is 6.92 Å². The Balaban J connectivity index is 1.66. The summed E-state index contributed by atoms with van der Waals surface area (Å²) in [5, 5.41) is 2.59. The van der Waals surface area contributed by atoms with Crippen LogP contribution in [-0.4, -0.2) is 83.0 Å². The molecule has 3 rings (SSSR count). The quantitative estimate of drug-likeness (QED) is 0.638. The lowest BCUT2D eigenvalue weighted by atomic mass is 10.1. The van der Waals surface area contributed by atoms with E-state index in [1.165, 1.54) is 14.7 Å². The van der Waals surface area contributed by atoms with Crippen molar-refractivity contribution in [2.45, 2.75) is 31.1 Å². The molecule has 2 aliphatic rings. The number of aryl methyl sites for hydroxylation is 1. The highest BCUT2D eigenvalue weighted by Crippen LogP contribution is 2.24. The van der Waals surface area contributed by atoms with Gasteiger partial charge < -0.3 is 10.1 Å². The standard InChI is InChI=1S/C19H29N3O6S2/c1-16-5-6-17(15-18(16)30(26,27)22-8-3-2-4-9-22)19(23)20-7-14-29(24,25)21-10-12-28-13-11-21/h5-6,15H,2-4,7-14H2,1H3,(H,20,23). The summed E-state index contributed by atoms with van der Waals surface area (Å²) in [5.74, 6) is -0.717. The van der Waals surface area contributed by atoms with Gasteiger partial charge in [-0.3, -0.25) is 4.79 Å². The van der Waals surface area contributed by atoms with Crippen LogP contribution in [0.15, 0.2) is 23.1 Å². The molecular formula is C19H29N3O6S2. The van der Waals surface area contributed by atoms with Gasteiger partial charge in [0.15, 0.2) is 0 Å². The van der Waals surface area contributed by atoms with Gasteiger partial charge in [-0.05, 0) is 37.5 Å². The van der Waals surface area contributed by atoms with Crippen LogP contribution in [0.1, 0.15) is 35.2 Å². The average Bonchev–Trinajstić information content (AvgIpc) is 2.75. The molecule has 0 aromatic heterocycles. The van der Waals surface area contributed by atoms with E-state index in [1.807, 2.05) is 0 Å². The molecule has 2 aliphatic heterocycles. The van der Waals surface area contributed by atoms with Crippen LogP contribution < -0.4 is 5.32 Å². The van der Waals surface area contributed by atoms with E-state index in [9.17, 15) is 21.6 Å². The highest BCUT2D eigenvalue weighted by Gasteiger charge is 2.28. The monoisotopic (exact) mass is 459 g/mol. The van der Waals surface area contributed by atoms with Crippen LogP contribution >= 0.6 is 0 Å². The first-order valence-corrected chi connectivity index (χ1v) is 13.2. The van der Waals surface area contributed by atoms with Crippen molar-refractivity contribution in [3.8, 4) is 0 Å². The van der Waals surface area contributed by atoms with Crippen molar-refractivity contribution in [3.05, 3.63) is 29.3 Å². The second-order valence-electron chi connectivity index (χ2n) is 7.53. The second-order valence-corrected chi connectivity index (χ2v) is 11.5. The zero-order valence-corrected chi connectivity index (χ0v) is 18.8. The Kier molecular flexibility index (Phi) is 7.51. The number of hydrogen-bond donors (Lipinski definition) is 1. The summed E-state index contributed by atoms with van der Waals surface area (Å²) in [6.45, 7) is 3.97. The summed E-state index contributed by atoms with van der Waals surface area (Å²) in [6, 6.07) is 4.54. The summed E-state index contributed by atoms with van der Waals surface area (Å²) in [7, 11) is -7.15. The maximum Gasteiger partial charge on any atom is 0.251 e. The van der Waals surface area contributed by atoms with E-state index in [0.717, 1.165) is 19.3 Å². The molecule has 0 radical (unpaired) electrons. The van der Waals surface area contributed by atoms with Crippen LogP contribution in [-0.2, 0) is 24.8 Å². The van der Waals surface area contributed by atoms with Crippen molar-refractivity contribution in [1.29, 1.82) is 0 Å². The van der Waals surface area contributed by atoms with Crippen LogP contribution in [0.4, 0.5) is 0 Å². The minimum absolute atomic E-state index is 0.0550. The maximum absolute atomic E-state index is 13.0. The number of nitrogens with zero attached hydrogens (tertiary/aromatic N) is 2. The van der Waals surface area contributed by atoms with E-state index >= 15 is 0 Å². The van der Waals surface area contributed by atoms with Gasteiger partial charge in [-0.15, -0.1) is 0 Å². The number of carbonyl (C=O) groups is 1. The molecule has 0 atom stereocenters. The molecule has 0 spiro atoms. The second kappa shape index (κ2) is 9.73. The summed E-state index contributed by atoms with van der Waals surface area (Å²) < 4.78 is 58.7. The Bertz CT molecular complexity index is 966. The van der Waals surface area contributed by atoms with Crippen molar-refractivity contribution >= 4 is 26.0 Å². The highest BCUT2D eigenvalue weighted by atomic mass is 32.2. The SMILES string of the molecule is Cc1ccc(C(=O)NCCS(=O)(=O)N2CCOCC2)cc1S(=O)(=O)N1CCCCC1. The number of hydrogen-bond acceptors (Lipinski definition) is 6. The van der Waals surface area contributed by atoms with Crippen molar-refractivity contribution in [3.63, 3.8) is 0 Å². The van der Waals surface area contributed by atoms with Crippen LogP contribution in [0.5, 0.6) is 0 Å². The number of morpholine rings is 1. The van der Waals surface area contributed by atoms with Gasteiger partial charge in [-0.25, -0.2) is 16.8 Å². The fraction of sp³-hybridized carbons (Fsp3) is 0.632. The highest BCUT2D eigenvalue weighted by molar-refractivity contribution is 7.89. The largest absolute Gasteiger partial charge is 0.379 e. The number of amides is 1. The van der Waals surface area contributed by atoms with Gasteiger partial charge in [0.05, 0.1) is 23.9 Å². The molecule has 1 aromatic carbocycles. The average molecular weight is 460 g/mol. The Morgan fingerprint density at radius 1 is 1.00 bits per heavy atom. The number of sulfonamides is 2. The molecule has 168 valence electrons. The fourth-order valence-corrected chi connectivity index (χ4v) is 6.70. The zero-order chi connectivity index (χ0) is 21.8. The molecule has 0 bridgehead atoms. The molecule has 9 nitrogen and oxygen atoms in total. The lowest BCUT2D eigenvalue weighted by molar-refractivity contribution is 0.0730. The van der Waals surface area contributed by atoms with Gasteiger partial charge in [0.25, 0.3) is 5.91 Å². The third kappa shape index (κ3) is 5.38. The predicted molar refractivity (Wildman–Crippen MR) is 112 cm³/mol. The Morgan fingerprint density at radius 2 is 1.67 bits per heavy atom. The van der Waals surface area contributed by atoms with Crippen LogP contribution in [0.3, 0.4) is 0 Å². The first-order valence-electron chi connectivity index (χ1n) is 10.2. The molecule has 2 heterocycles. The first kappa shape index (κ1) is 23.1. The molecule has 2 saturated heterocycles. The fourth-order valence-electron chi connectivity index (χ4n) is 3.61. The molecule has 0 unspecified atom stereocenters. The minimum Gasteiger partial charge on any atom is -0.379 e. The predicted octanol–water partition coefficient (Wildman–Crippen LogP) is 0.561. The van der Waals surface area contributed by atoms with E-state index in [1.54, 1.807) is 19.1 Å². The first-order chi connectivity index (χ1) is 14.2. The number of piperidine rings is 1. The topological polar surface area (TPSA) is 113 Å². The smallest absolute Gasteiger partial charge is 0.251 e. The van der Waals surface area contributed by atoms with E-state index in [0.29, 0.717) is 45.0 Å². The van der Waals surface area contributed by atoms with E-state index in [-0.39, 0.29) is 22.8 Å². The van der Waals surface area contributed by atoms with Crippen molar-refractivity contribution in [1.82, 2.24) is 13.9 Å². The van der Waals surface area contributed by atoms with E-state index in [4.69, 9.17) is 4.74 Å². The molecule has 30 heavy (non-hydrogen) atoms. The summed E-state index contributed by atoms with van der Waals surface area (Å²) >= 11 is 0. The lowest BCUT2D eigenvalue weighted by Gasteiger charge is -2.26. The van der Waals surface area contributed by atoms with Gasteiger partial charge in [-0.1, -0.05) is 12.5 Å². The molecule has 1 N–H and O–H groups in total. The van der Waals surface area contributed by atoms with Gasteiger partial charge in [0.2, 0.25) is 20.0 Å². The van der Waals surface area contributed by atoms with Gasteiger partial charge >= 0.3 is 0 Å². The van der Waals surface area contributed by atoms with Gasteiger partial charge in [-0.2, -0.15) is 8.61 Å². The summed E-state index contributed by atoms with van der Waals surface area (Å²) in [6.07, 6.45) is 2.67. The zero-order valence-electron chi connectivity index (χ0n) is 17.2. The maximum atomic E-state index is 13.0. The van der Waals surface area contributed by atoms with E-state index < -0.39 is 26.0 Å². The summed E-state index contributed by atoms with van der Waals surface area (Å²) in [4.78, 5) is 12.6. The molecule has 2 fully saturated rings. The van der Waals surface area contributed by atoms with Crippen LogP contribution in [0.2, 0.25) is 0 Å². The summed E-state index contributed by atoms with van der Waals surface area (Å²) in [5.41, 5.74) is 0.770. The third-order valence-corrected chi connectivity index (χ3v) is 9.30. The normalized spacial score (nSPS) is 19.5. The van der Waals surface area contributed by atoms with Crippen molar-refractivity contribution in [2.75, 3.05) is 51.7 Å². The Labute approximate surface area is 178 Å². The van der Waals surface area contributed by atoms with Crippen LogP contribution in [0.25, 0.3) is 0 Å². The minimum atomic E-state index is -3.67. The lowest BCUT2D eigenvalue weighted by Crippen LogP contribution is -2.43. The number of benzene rings is 1. The van der Waals surface area contributed by atoms with E-state index in [2.05, 4.69) is 5.32 Å². The Morgan fingerprint density at radius 3 is 2.33 bits per heavy atom. The molecule has 1 aromatic rings. The number of rotatable bonds is 7. The Hall–Kier alpha value is -1.53. The number of carbonyl (C=O) groups excluding carboxylic acids is 1. The van der Waals surface area contributed by atoms with Gasteiger partial charge in [0, 0.05) is 38.3 Å². The number of nitrogens with one attached hydrogen (secondary N) is 1. The molecule has 11 heteroatoms. The third-order valence-electron chi connectivity index (χ3n) is 5.39. The molecule has 0 saturated carbocycles. The van der Waals surface area contributed by atoms with Crippen molar-refractivity contribution < 1.29 is 26.4 Å². The molecular weight excluding hydrogens is 430 g/mol. The molecule has 1 amide bonds. The van der Waals surface area contributed by atoms with Crippen molar-refractivity contribution in [2.24, 2.45) is 0 Å². The number of ether oxygens (including phenoxy) is 1. The molecule has 0 aliphatic carbocycles.